The van der Waals surface area contributed by atoms with Crippen LogP contribution in [-0.2, 0) is 27.3 Å². The van der Waals surface area contributed by atoms with Gasteiger partial charge in [-0.05, 0) is 42.2 Å². The van der Waals surface area contributed by atoms with E-state index in [1.165, 1.54) is 4.90 Å². The maximum Gasteiger partial charge on any atom is 0.338 e. The van der Waals surface area contributed by atoms with Crippen molar-refractivity contribution < 1.29 is 24.2 Å². The molecule has 0 spiro atoms. The molecule has 1 amide bonds. The molecule has 4 rings (SSSR count). The van der Waals surface area contributed by atoms with Crippen molar-refractivity contribution in [1.82, 2.24) is 4.90 Å². The summed E-state index contributed by atoms with van der Waals surface area (Å²) in [6.45, 7) is 2.20. The molecule has 178 valence electrons. The Morgan fingerprint density at radius 1 is 0.886 bits per heavy atom. The Bertz CT molecular complexity index is 1230. The van der Waals surface area contributed by atoms with Gasteiger partial charge in [-0.3, -0.25) is 9.59 Å². The number of esters is 1. The second-order valence-corrected chi connectivity index (χ2v) is 8.33. The largest absolute Gasteiger partial charge is 0.503 e. The molecule has 0 aliphatic carbocycles. The fraction of sp³-hybridized carbons (Fsp3) is 0.207. The number of aliphatic hydroxyl groups excluding tert-OH is 1. The quantitative estimate of drug-likeness (QED) is 0.448. The van der Waals surface area contributed by atoms with Crippen LogP contribution in [0, 0.1) is 0 Å². The fourth-order valence-corrected chi connectivity index (χ4v) is 4.28. The van der Waals surface area contributed by atoms with E-state index in [0.29, 0.717) is 12.0 Å². The van der Waals surface area contributed by atoms with Crippen LogP contribution in [0.5, 0.6) is 0 Å². The number of aryl methyl sites for hydroxylation is 1. The predicted molar refractivity (Wildman–Crippen MR) is 132 cm³/mol. The van der Waals surface area contributed by atoms with Gasteiger partial charge in [-0.15, -0.1) is 0 Å². The third-order valence-corrected chi connectivity index (χ3v) is 6.02. The second kappa shape index (κ2) is 10.8. The lowest BCUT2D eigenvalue weighted by Crippen LogP contribution is -2.30. The highest BCUT2D eigenvalue weighted by Crippen LogP contribution is 2.39. The number of hydrogen-bond acceptors (Lipinski definition) is 5. The molecule has 1 atom stereocenters. The summed E-state index contributed by atoms with van der Waals surface area (Å²) >= 11 is 0. The van der Waals surface area contributed by atoms with Crippen molar-refractivity contribution in [3.8, 4) is 0 Å². The van der Waals surface area contributed by atoms with Crippen molar-refractivity contribution in [2.75, 3.05) is 6.61 Å². The Labute approximate surface area is 204 Å². The minimum absolute atomic E-state index is 0.125. The van der Waals surface area contributed by atoms with Gasteiger partial charge in [0.05, 0.1) is 23.8 Å². The Hall–Kier alpha value is -4.19. The molecule has 3 aromatic carbocycles. The maximum absolute atomic E-state index is 13.3. The number of ketones is 1. The molecule has 6 nitrogen and oxygen atoms in total. The Kier molecular flexibility index (Phi) is 7.41. The highest BCUT2D eigenvalue weighted by molar-refractivity contribution is 6.09. The average Bonchev–Trinajstić information content (AvgIpc) is 3.14. The van der Waals surface area contributed by atoms with Crippen LogP contribution < -0.4 is 0 Å². The molecule has 0 saturated heterocycles. The summed E-state index contributed by atoms with van der Waals surface area (Å²) in [6.07, 6.45) is 0.698. The van der Waals surface area contributed by atoms with Crippen LogP contribution in [0.15, 0.2) is 96.3 Å². The van der Waals surface area contributed by atoms with Gasteiger partial charge in [0.2, 0.25) is 0 Å². The summed E-state index contributed by atoms with van der Waals surface area (Å²) < 4.78 is 5.02. The van der Waals surface area contributed by atoms with Gasteiger partial charge >= 0.3 is 5.97 Å². The molecule has 1 aliphatic heterocycles. The van der Waals surface area contributed by atoms with Crippen molar-refractivity contribution in [2.45, 2.75) is 32.4 Å². The van der Waals surface area contributed by atoms with Crippen molar-refractivity contribution in [1.29, 1.82) is 0 Å². The summed E-state index contributed by atoms with van der Waals surface area (Å²) in [7, 11) is 0. The topological polar surface area (TPSA) is 83.9 Å². The van der Waals surface area contributed by atoms with Crippen LogP contribution in [0.3, 0.4) is 0 Å². The van der Waals surface area contributed by atoms with Gasteiger partial charge in [0.1, 0.15) is 0 Å². The number of ether oxygens (including phenoxy) is 1. The van der Waals surface area contributed by atoms with Crippen molar-refractivity contribution in [2.24, 2.45) is 0 Å². The van der Waals surface area contributed by atoms with E-state index >= 15 is 0 Å². The number of rotatable bonds is 9. The lowest BCUT2D eigenvalue weighted by atomic mass is 9.93. The maximum atomic E-state index is 13.3. The Balaban J connectivity index is 1.59. The molecule has 1 N–H and O–H groups in total. The number of hydrogen-bond donors (Lipinski definition) is 1. The lowest BCUT2D eigenvalue weighted by molar-refractivity contribution is -0.130. The summed E-state index contributed by atoms with van der Waals surface area (Å²) in [6, 6.07) is 24.9. The van der Waals surface area contributed by atoms with Crippen LogP contribution in [0.25, 0.3) is 0 Å². The highest BCUT2D eigenvalue weighted by atomic mass is 16.5. The first-order valence-electron chi connectivity index (χ1n) is 11.6. The minimum atomic E-state index is -0.697. The molecular formula is C29H27NO5. The molecule has 35 heavy (non-hydrogen) atoms. The Morgan fingerprint density at radius 3 is 2.14 bits per heavy atom. The minimum Gasteiger partial charge on any atom is -0.503 e. The van der Waals surface area contributed by atoms with Crippen LogP contribution in [0.1, 0.15) is 46.4 Å². The van der Waals surface area contributed by atoms with E-state index in [-0.39, 0.29) is 30.9 Å². The van der Waals surface area contributed by atoms with Gasteiger partial charge in [-0.25, -0.2) is 4.79 Å². The van der Waals surface area contributed by atoms with Crippen molar-refractivity contribution >= 4 is 17.7 Å². The van der Waals surface area contributed by atoms with Gasteiger partial charge in [0.25, 0.3) is 5.91 Å². The van der Waals surface area contributed by atoms with E-state index in [9.17, 15) is 19.5 Å². The smallest absolute Gasteiger partial charge is 0.338 e. The molecule has 3 aromatic rings. The number of Topliss-reactive ketones (excluding diaryl/α,β-unsaturated/α-hetero) is 1. The Morgan fingerprint density at radius 2 is 1.51 bits per heavy atom. The first kappa shape index (κ1) is 24.0. The molecule has 0 bridgehead atoms. The third kappa shape index (κ3) is 5.32. The molecule has 1 unspecified atom stereocenters. The van der Waals surface area contributed by atoms with Gasteiger partial charge < -0.3 is 14.7 Å². The first-order chi connectivity index (χ1) is 17.0. The SMILES string of the molecule is CCOC(=O)c1ccc(CN2C(=O)C(O)=C(C(=O)CCc3ccccc3)C2c2ccccc2)cc1. The number of amides is 1. The molecule has 1 heterocycles. The van der Waals surface area contributed by atoms with Crippen LogP contribution in [0.4, 0.5) is 0 Å². The number of carbonyl (C=O) groups excluding carboxylic acids is 3. The fourth-order valence-electron chi connectivity index (χ4n) is 4.28. The van der Waals surface area contributed by atoms with Gasteiger partial charge in [-0.2, -0.15) is 0 Å². The summed E-state index contributed by atoms with van der Waals surface area (Å²) in [5.74, 6) is -1.76. The number of benzene rings is 3. The molecular weight excluding hydrogens is 442 g/mol. The third-order valence-electron chi connectivity index (χ3n) is 6.02. The van der Waals surface area contributed by atoms with E-state index in [1.54, 1.807) is 31.2 Å². The highest BCUT2D eigenvalue weighted by Gasteiger charge is 2.43. The summed E-state index contributed by atoms with van der Waals surface area (Å²) in [5.41, 5.74) is 3.07. The zero-order chi connectivity index (χ0) is 24.8. The molecule has 0 saturated carbocycles. The van der Waals surface area contributed by atoms with Gasteiger partial charge in [0.15, 0.2) is 11.5 Å². The van der Waals surface area contributed by atoms with E-state index in [0.717, 1.165) is 16.7 Å². The summed E-state index contributed by atoms with van der Waals surface area (Å²) in [4.78, 5) is 39.9. The zero-order valence-electron chi connectivity index (χ0n) is 19.5. The second-order valence-electron chi connectivity index (χ2n) is 8.33. The lowest BCUT2D eigenvalue weighted by Gasteiger charge is -2.27. The van der Waals surface area contributed by atoms with Crippen LogP contribution >= 0.6 is 0 Å². The summed E-state index contributed by atoms with van der Waals surface area (Å²) in [5, 5.41) is 10.8. The van der Waals surface area contributed by atoms with Crippen LogP contribution in [-0.4, -0.2) is 34.3 Å². The first-order valence-corrected chi connectivity index (χ1v) is 11.6. The average molecular weight is 470 g/mol. The standard InChI is InChI=1S/C29H27NO5/c1-2-35-29(34)23-16-13-21(14-17-23)19-30-26(22-11-7-4-8-12-22)25(27(32)28(30)33)24(31)18-15-20-9-5-3-6-10-20/h3-14,16-17,26,32H,2,15,18-19H2,1H3. The molecule has 0 fully saturated rings. The molecule has 0 radical (unpaired) electrons. The molecule has 0 aromatic heterocycles. The van der Waals surface area contributed by atoms with Gasteiger partial charge in [-0.1, -0.05) is 72.8 Å². The van der Waals surface area contributed by atoms with E-state index in [4.69, 9.17) is 4.74 Å². The molecule has 6 heteroatoms. The van der Waals surface area contributed by atoms with E-state index in [2.05, 4.69) is 0 Å². The van der Waals surface area contributed by atoms with Crippen molar-refractivity contribution in [3.63, 3.8) is 0 Å². The van der Waals surface area contributed by atoms with E-state index < -0.39 is 23.7 Å². The number of carbonyl (C=O) groups is 3. The molecule has 1 aliphatic rings. The van der Waals surface area contributed by atoms with Crippen molar-refractivity contribution in [3.05, 3.63) is 119 Å². The van der Waals surface area contributed by atoms with Crippen LogP contribution in [0.2, 0.25) is 0 Å². The number of nitrogens with zero attached hydrogens (tertiary/aromatic N) is 1. The number of aliphatic hydroxyl groups is 1. The van der Waals surface area contributed by atoms with E-state index in [1.807, 2.05) is 60.7 Å². The van der Waals surface area contributed by atoms with Gasteiger partial charge in [0, 0.05) is 13.0 Å². The normalized spacial score (nSPS) is 15.4. The monoisotopic (exact) mass is 469 g/mol. The predicted octanol–water partition coefficient (Wildman–Crippen LogP) is 4.96. The zero-order valence-corrected chi connectivity index (χ0v) is 19.5.